The number of fused-ring (bicyclic) bond motifs is 1. The van der Waals surface area contributed by atoms with Crippen LogP contribution in [-0.4, -0.2) is 13.2 Å². The van der Waals surface area contributed by atoms with Crippen molar-refractivity contribution in [2.24, 2.45) is 5.41 Å². The highest BCUT2D eigenvalue weighted by atomic mass is 16.5. The summed E-state index contributed by atoms with van der Waals surface area (Å²) in [5.74, 6) is 1.12. The predicted octanol–water partition coefficient (Wildman–Crippen LogP) is 3.60. The molecule has 2 aliphatic rings. The van der Waals surface area contributed by atoms with Crippen LogP contribution < -0.4 is 10.1 Å². The average Bonchev–Trinajstić information content (AvgIpc) is 3.11. The molecule has 1 aromatic rings. The normalized spacial score (nSPS) is 24.9. The zero-order valence-corrected chi connectivity index (χ0v) is 11.5. The lowest BCUT2D eigenvalue weighted by molar-refractivity contribution is 0.312. The number of rotatable bonds is 3. The first-order valence-electron chi connectivity index (χ1n) is 7.14. The van der Waals surface area contributed by atoms with E-state index >= 15 is 0 Å². The molecule has 3 rings (SSSR count). The van der Waals surface area contributed by atoms with Crippen molar-refractivity contribution in [1.82, 2.24) is 5.32 Å². The first kappa shape index (κ1) is 12.0. The van der Waals surface area contributed by atoms with Crippen LogP contribution in [0, 0.1) is 12.3 Å². The fourth-order valence-corrected chi connectivity index (χ4v) is 2.74. The monoisotopic (exact) mass is 245 g/mol. The van der Waals surface area contributed by atoms with Crippen LogP contribution in [0.15, 0.2) is 18.2 Å². The molecule has 1 heterocycles. The van der Waals surface area contributed by atoms with Gasteiger partial charge in [0.05, 0.1) is 6.61 Å². The van der Waals surface area contributed by atoms with Crippen molar-refractivity contribution >= 4 is 0 Å². The molecule has 1 aliphatic carbocycles. The predicted molar refractivity (Wildman–Crippen MR) is 74.0 cm³/mol. The summed E-state index contributed by atoms with van der Waals surface area (Å²) in [5, 5.41) is 3.77. The van der Waals surface area contributed by atoms with Crippen LogP contribution in [0.3, 0.4) is 0 Å². The zero-order valence-electron chi connectivity index (χ0n) is 11.5. The van der Waals surface area contributed by atoms with Crippen LogP contribution >= 0.6 is 0 Å². The van der Waals surface area contributed by atoms with E-state index in [2.05, 4.69) is 37.4 Å². The molecule has 1 aromatic carbocycles. The molecule has 1 N–H and O–H groups in total. The van der Waals surface area contributed by atoms with Crippen molar-refractivity contribution in [3.63, 3.8) is 0 Å². The van der Waals surface area contributed by atoms with Crippen LogP contribution in [0.25, 0.3) is 0 Å². The largest absolute Gasteiger partial charge is 0.493 e. The fourth-order valence-electron chi connectivity index (χ4n) is 2.74. The van der Waals surface area contributed by atoms with Gasteiger partial charge in [0.2, 0.25) is 0 Å². The van der Waals surface area contributed by atoms with Crippen LogP contribution in [0.5, 0.6) is 5.75 Å². The molecule has 1 saturated carbocycles. The molecule has 18 heavy (non-hydrogen) atoms. The lowest BCUT2D eigenvalue weighted by atomic mass is 9.99. The van der Waals surface area contributed by atoms with Crippen molar-refractivity contribution in [3.05, 3.63) is 29.3 Å². The van der Waals surface area contributed by atoms with Crippen LogP contribution in [-0.2, 0) is 0 Å². The first-order valence-corrected chi connectivity index (χ1v) is 7.14. The van der Waals surface area contributed by atoms with Gasteiger partial charge in [0.25, 0.3) is 0 Å². The standard InChI is InChI=1S/C16H23NO/c1-12-5-3-6-13-14(7-4-10-18-15(12)13)17-11-16(2)8-9-16/h3,5-6,14,17H,4,7-11H2,1-2H3. The molecule has 0 radical (unpaired) electrons. The molecule has 1 fully saturated rings. The SMILES string of the molecule is Cc1cccc2c1OCCCC2NCC1(C)CC1. The van der Waals surface area contributed by atoms with E-state index in [9.17, 15) is 0 Å². The smallest absolute Gasteiger partial charge is 0.126 e. The van der Waals surface area contributed by atoms with Gasteiger partial charge in [-0.1, -0.05) is 25.1 Å². The Morgan fingerprint density at radius 1 is 1.39 bits per heavy atom. The minimum atomic E-state index is 0.472. The molecule has 2 heteroatoms. The van der Waals surface area contributed by atoms with E-state index in [-0.39, 0.29) is 0 Å². The van der Waals surface area contributed by atoms with Crippen LogP contribution in [0.4, 0.5) is 0 Å². The fraction of sp³-hybridized carbons (Fsp3) is 0.625. The number of nitrogens with one attached hydrogen (secondary N) is 1. The third-order valence-electron chi connectivity index (χ3n) is 4.38. The van der Waals surface area contributed by atoms with Gasteiger partial charge < -0.3 is 10.1 Å². The van der Waals surface area contributed by atoms with Gasteiger partial charge in [0.15, 0.2) is 0 Å². The topological polar surface area (TPSA) is 21.3 Å². The molecule has 1 atom stereocenters. The summed E-state index contributed by atoms with van der Waals surface area (Å²) in [6, 6.07) is 6.99. The van der Waals surface area contributed by atoms with Crippen LogP contribution in [0.1, 0.15) is 49.8 Å². The van der Waals surface area contributed by atoms with Gasteiger partial charge in [-0.15, -0.1) is 0 Å². The van der Waals surface area contributed by atoms with Crippen molar-refractivity contribution in [2.75, 3.05) is 13.2 Å². The Kier molecular flexibility index (Phi) is 3.06. The van der Waals surface area contributed by atoms with Crippen molar-refractivity contribution in [2.45, 2.75) is 45.6 Å². The highest BCUT2D eigenvalue weighted by molar-refractivity contribution is 5.43. The molecular formula is C16H23NO. The minimum absolute atomic E-state index is 0.472. The van der Waals surface area contributed by atoms with Gasteiger partial charge in [0.1, 0.15) is 5.75 Å². The number of aryl methyl sites for hydroxylation is 1. The lowest BCUT2D eigenvalue weighted by Gasteiger charge is -2.21. The second-order valence-corrected chi connectivity index (χ2v) is 6.23. The summed E-state index contributed by atoms with van der Waals surface area (Å²) >= 11 is 0. The van der Waals surface area contributed by atoms with E-state index < -0.39 is 0 Å². The van der Waals surface area contributed by atoms with Gasteiger partial charge in [-0.3, -0.25) is 0 Å². The molecule has 0 saturated heterocycles. The van der Waals surface area contributed by atoms with E-state index in [1.54, 1.807) is 0 Å². The van der Waals surface area contributed by atoms with E-state index in [4.69, 9.17) is 4.74 Å². The number of hydrogen-bond donors (Lipinski definition) is 1. The number of hydrogen-bond acceptors (Lipinski definition) is 2. The van der Waals surface area contributed by atoms with Gasteiger partial charge in [-0.2, -0.15) is 0 Å². The zero-order chi connectivity index (χ0) is 12.6. The van der Waals surface area contributed by atoms with Crippen molar-refractivity contribution in [3.8, 4) is 5.75 Å². The maximum absolute atomic E-state index is 5.92. The summed E-state index contributed by atoms with van der Waals surface area (Å²) in [5.41, 5.74) is 3.19. The summed E-state index contributed by atoms with van der Waals surface area (Å²) in [4.78, 5) is 0. The molecule has 0 bridgehead atoms. The highest BCUT2D eigenvalue weighted by Gasteiger charge is 2.37. The highest BCUT2D eigenvalue weighted by Crippen LogP contribution is 2.45. The number of ether oxygens (including phenoxy) is 1. The lowest BCUT2D eigenvalue weighted by Crippen LogP contribution is -2.27. The molecule has 0 spiro atoms. The first-order chi connectivity index (χ1) is 8.68. The number of benzene rings is 1. The van der Waals surface area contributed by atoms with E-state index in [0.717, 1.165) is 25.3 Å². The van der Waals surface area contributed by atoms with Crippen molar-refractivity contribution < 1.29 is 4.74 Å². The summed E-state index contributed by atoms with van der Waals surface area (Å²) in [6.07, 6.45) is 5.09. The van der Waals surface area contributed by atoms with E-state index in [0.29, 0.717) is 11.5 Å². The minimum Gasteiger partial charge on any atom is -0.493 e. The second-order valence-electron chi connectivity index (χ2n) is 6.23. The molecule has 0 aromatic heterocycles. The Morgan fingerprint density at radius 2 is 2.22 bits per heavy atom. The Labute approximate surface area is 110 Å². The Balaban J connectivity index is 1.80. The Bertz CT molecular complexity index is 437. The quantitative estimate of drug-likeness (QED) is 0.878. The molecule has 0 amide bonds. The Hall–Kier alpha value is -1.02. The molecule has 1 aliphatic heterocycles. The summed E-state index contributed by atoms with van der Waals surface area (Å²) < 4.78 is 5.92. The summed E-state index contributed by atoms with van der Waals surface area (Å²) in [6.45, 7) is 6.52. The molecule has 1 unspecified atom stereocenters. The van der Waals surface area contributed by atoms with Gasteiger partial charge in [0, 0.05) is 18.2 Å². The third-order valence-corrected chi connectivity index (χ3v) is 4.38. The summed E-state index contributed by atoms with van der Waals surface area (Å²) in [7, 11) is 0. The molecule has 2 nitrogen and oxygen atoms in total. The molecule has 98 valence electrons. The maximum Gasteiger partial charge on any atom is 0.126 e. The number of para-hydroxylation sites is 1. The Morgan fingerprint density at radius 3 is 3.00 bits per heavy atom. The van der Waals surface area contributed by atoms with Gasteiger partial charge >= 0.3 is 0 Å². The van der Waals surface area contributed by atoms with E-state index in [1.807, 2.05) is 0 Å². The van der Waals surface area contributed by atoms with Crippen molar-refractivity contribution in [1.29, 1.82) is 0 Å². The van der Waals surface area contributed by atoms with Gasteiger partial charge in [-0.25, -0.2) is 0 Å². The average molecular weight is 245 g/mol. The van der Waals surface area contributed by atoms with Gasteiger partial charge in [-0.05, 0) is 43.6 Å². The second kappa shape index (κ2) is 4.58. The van der Waals surface area contributed by atoms with E-state index in [1.165, 1.54) is 30.4 Å². The third kappa shape index (κ3) is 2.39. The van der Waals surface area contributed by atoms with Crippen LogP contribution in [0.2, 0.25) is 0 Å². The molecular weight excluding hydrogens is 222 g/mol. The maximum atomic E-state index is 5.92.